The Hall–Kier alpha value is -1.35. The van der Waals surface area contributed by atoms with E-state index in [1.165, 1.54) is 0 Å². The second kappa shape index (κ2) is 9.02. The summed E-state index contributed by atoms with van der Waals surface area (Å²) in [7, 11) is 0. The van der Waals surface area contributed by atoms with Gasteiger partial charge in [0, 0.05) is 44.2 Å². The van der Waals surface area contributed by atoms with Crippen LogP contribution in [0.2, 0.25) is 0 Å². The standard InChI is InChI=1S/C20H29N5O3.2ClH/c26-14-10-16(21-11-14)19(28)24-8-5-20(6-9-24)17-15(22-12-23-17)4-7-25(20)18(27)13-2-1-3-13;;/h12-14,16,21,26H,1-11H2,(H,22,23);2*1H/t14-,16+;;/m0../s1. The van der Waals surface area contributed by atoms with Crippen molar-refractivity contribution in [1.82, 2.24) is 25.1 Å². The van der Waals surface area contributed by atoms with Gasteiger partial charge in [0.1, 0.15) is 0 Å². The molecule has 2 amide bonds. The van der Waals surface area contributed by atoms with Crippen molar-refractivity contribution >= 4 is 36.6 Å². The summed E-state index contributed by atoms with van der Waals surface area (Å²) in [5.41, 5.74) is 1.76. The molecule has 3 aliphatic heterocycles. The van der Waals surface area contributed by atoms with E-state index < -0.39 is 6.10 Å². The zero-order valence-corrected chi connectivity index (χ0v) is 18.6. The van der Waals surface area contributed by atoms with Crippen LogP contribution in [0.3, 0.4) is 0 Å². The molecule has 1 spiro atoms. The number of aliphatic hydroxyl groups is 1. The highest BCUT2D eigenvalue weighted by atomic mass is 35.5. The van der Waals surface area contributed by atoms with Crippen molar-refractivity contribution in [3.05, 3.63) is 17.7 Å². The Labute approximate surface area is 189 Å². The second-order valence-corrected chi connectivity index (χ2v) is 8.80. The van der Waals surface area contributed by atoms with Crippen LogP contribution in [0.5, 0.6) is 0 Å². The van der Waals surface area contributed by atoms with Gasteiger partial charge in [0.15, 0.2) is 0 Å². The number of halogens is 2. The molecule has 0 aromatic carbocycles. The Kier molecular flexibility index (Phi) is 7.01. The third-order valence-corrected chi connectivity index (χ3v) is 7.29. The minimum atomic E-state index is -0.439. The monoisotopic (exact) mass is 459 g/mol. The van der Waals surface area contributed by atoms with E-state index in [0.717, 1.165) is 56.5 Å². The van der Waals surface area contributed by atoms with E-state index in [4.69, 9.17) is 0 Å². The number of piperidine rings is 1. The number of carbonyl (C=O) groups excluding carboxylic acids is 2. The summed E-state index contributed by atoms with van der Waals surface area (Å²) < 4.78 is 0. The van der Waals surface area contributed by atoms with Gasteiger partial charge >= 0.3 is 0 Å². The van der Waals surface area contributed by atoms with Gasteiger partial charge < -0.3 is 25.2 Å². The maximum Gasteiger partial charge on any atom is 0.239 e. The second-order valence-electron chi connectivity index (χ2n) is 8.80. The van der Waals surface area contributed by atoms with Gasteiger partial charge in [-0.3, -0.25) is 9.59 Å². The molecule has 0 radical (unpaired) electrons. The quantitative estimate of drug-likeness (QED) is 0.611. The zero-order valence-electron chi connectivity index (χ0n) is 17.0. The molecule has 3 N–H and O–H groups in total. The van der Waals surface area contributed by atoms with E-state index in [-0.39, 0.29) is 54.1 Å². The fourth-order valence-electron chi connectivity index (χ4n) is 5.40. The fraction of sp³-hybridized carbons (Fsp3) is 0.750. The molecule has 2 saturated heterocycles. The maximum atomic E-state index is 13.2. The van der Waals surface area contributed by atoms with E-state index in [9.17, 15) is 14.7 Å². The number of aromatic nitrogens is 2. The first-order valence-electron chi connectivity index (χ1n) is 10.6. The lowest BCUT2D eigenvalue weighted by Gasteiger charge is -2.52. The van der Waals surface area contributed by atoms with Gasteiger partial charge in [-0.15, -0.1) is 24.8 Å². The molecule has 1 saturated carbocycles. The molecule has 1 aromatic heterocycles. The van der Waals surface area contributed by atoms with Crippen molar-refractivity contribution in [2.75, 3.05) is 26.2 Å². The number of hydrogen-bond acceptors (Lipinski definition) is 5. The van der Waals surface area contributed by atoms with Crippen LogP contribution >= 0.6 is 24.8 Å². The molecule has 168 valence electrons. The van der Waals surface area contributed by atoms with Gasteiger partial charge in [0.25, 0.3) is 0 Å². The normalized spacial score (nSPS) is 27.6. The molecule has 1 aromatic rings. The van der Waals surface area contributed by atoms with Crippen molar-refractivity contribution in [3.8, 4) is 0 Å². The van der Waals surface area contributed by atoms with E-state index >= 15 is 0 Å². The SMILES string of the molecule is Cl.Cl.O=C([C@H]1C[C@H](O)CN1)N1CCC2(CC1)c1nc[nH]c1CCN2C(=O)C1CCC1. The van der Waals surface area contributed by atoms with Gasteiger partial charge in [0.05, 0.1) is 29.7 Å². The average Bonchev–Trinajstić information content (AvgIpc) is 3.30. The molecule has 8 nitrogen and oxygen atoms in total. The molecular formula is C20H31Cl2N5O3. The Morgan fingerprint density at radius 1 is 1.13 bits per heavy atom. The number of H-pyrrole nitrogens is 1. The van der Waals surface area contributed by atoms with Crippen LogP contribution in [0, 0.1) is 5.92 Å². The third kappa shape index (κ3) is 3.72. The van der Waals surface area contributed by atoms with Gasteiger partial charge in [-0.1, -0.05) is 6.42 Å². The summed E-state index contributed by atoms with van der Waals surface area (Å²) in [5, 5.41) is 12.8. The highest BCUT2D eigenvalue weighted by molar-refractivity contribution is 5.85. The Bertz CT molecular complexity index is 776. The molecule has 1 aliphatic carbocycles. The lowest BCUT2D eigenvalue weighted by molar-refractivity contribution is -0.151. The number of fused-ring (bicyclic) bond motifs is 2. The van der Waals surface area contributed by atoms with E-state index in [0.29, 0.717) is 26.1 Å². The summed E-state index contributed by atoms with van der Waals surface area (Å²) in [5.74, 6) is 0.516. The van der Waals surface area contributed by atoms with Crippen LogP contribution in [-0.4, -0.2) is 75.0 Å². The van der Waals surface area contributed by atoms with Crippen LogP contribution in [0.4, 0.5) is 0 Å². The van der Waals surface area contributed by atoms with Crippen LogP contribution in [0.25, 0.3) is 0 Å². The molecule has 0 bridgehead atoms. The molecule has 2 atom stereocenters. The fourth-order valence-corrected chi connectivity index (χ4v) is 5.40. The number of β-amino-alcohol motifs (C(OH)–C–C–N with tert-alkyl or cyclic N) is 1. The number of aliphatic hydroxyl groups excluding tert-OH is 1. The molecule has 4 heterocycles. The highest BCUT2D eigenvalue weighted by Crippen LogP contribution is 2.44. The summed E-state index contributed by atoms with van der Waals surface area (Å²) in [6.07, 6.45) is 7.20. The predicted molar refractivity (Wildman–Crippen MR) is 116 cm³/mol. The van der Waals surface area contributed by atoms with Gasteiger partial charge in [0.2, 0.25) is 11.8 Å². The van der Waals surface area contributed by atoms with Crippen LogP contribution < -0.4 is 5.32 Å². The number of hydrogen-bond donors (Lipinski definition) is 3. The van der Waals surface area contributed by atoms with Crippen molar-refractivity contribution in [3.63, 3.8) is 0 Å². The molecule has 30 heavy (non-hydrogen) atoms. The van der Waals surface area contributed by atoms with Crippen LogP contribution in [0.1, 0.15) is 49.9 Å². The lowest BCUT2D eigenvalue weighted by Crippen LogP contribution is -2.61. The van der Waals surface area contributed by atoms with E-state index in [1.54, 1.807) is 6.33 Å². The van der Waals surface area contributed by atoms with Gasteiger partial charge in [-0.05, 0) is 32.1 Å². The highest BCUT2D eigenvalue weighted by Gasteiger charge is 2.51. The number of carbonyl (C=O) groups is 2. The zero-order chi connectivity index (χ0) is 19.3. The summed E-state index contributed by atoms with van der Waals surface area (Å²) >= 11 is 0. The predicted octanol–water partition coefficient (Wildman–Crippen LogP) is 0.979. The molecule has 3 fully saturated rings. The number of likely N-dealkylation sites (tertiary alicyclic amines) is 1. The smallest absolute Gasteiger partial charge is 0.239 e. The number of amides is 2. The van der Waals surface area contributed by atoms with E-state index in [1.807, 2.05) is 4.90 Å². The maximum absolute atomic E-state index is 13.2. The molecule has 5 rings (SSSR count). The molecular weight excluding hydrogens is 429 g/mol. The topological polar surface area (TPSA) is 102 Å². The minimum Gasteiger partial charge on any atom is -0.392 e. The Morgan fingerprint density at radius 3 is 2.47 bits per heavy atom. The third-order valence-electron chi connectivity index (χ3n) is 7.29. The van der Waals surface area contributed by atoms with Gasteiger partial charge in [-0.2, -0.15) is 0 Å². The van der Waals surface area contributed by atoms with Crippen molar-refractivity contribution in [1.29, 1.82) is 0 Å². The molecule has 0 unspecified atom stereocenters. The Balaban J connectivity index is 0.00000128. The molecule has 10 heteroatoms. The summed E-state index contributed by atoms with van der Waals surface area (Å²) in [6, 6.07) is -0.288. The number of imidazole rings is 1. The first-order chi connectivity index (χ1) is 13.6. The average molecular weight is 460 g/mol. The summed E-state index contributed by atoms with van der Waals surface area (Å²) in [6.45, 7) is 2.45. The Morgan fingerprint density at radius 2 is 1.87 bits per heavy atom. The molecule has 4 aliphatic rings. The first-order valence-corrected chi connectivity index (χ1v) is 10.6. The number of aromatic amines is 1. The largest absolute Gasteiger partial charge is 0.392 e. The van der Waals surface area contributed by atoms with Crippen molar-refractivity contribution in [2.45, 2.75) is 62.6 Å². The van der Waals surface area contributed by atoms with E-state index in [2.05, 4.69) is 20.2 Å². The van der Waals surface area contributed by atoms with Crippen molar-refractivity contribution in [2.24, 2.45) is 5.92 Å². The minimum absolute atomic E-state index is 0. The number of nitrogens with zero attached hydrogens (tertiary/aromatic N) is 3. The van der Waals surface area contributed by atoms with Crippen LogP contribution in [-0.2, 0) is 21.5 Å². The number of nitrogens with one attached hydrogen (secondary N) is 2. The summed E-state index contributed by atoms with van der Waals surface area (Å²) in [4.78, 5) is 37.9. The lowest BCUT2D eigenvalue weighted by atomic mass is 9.76. The first kappa shape index (κ1) is 23.3. The van der Waals surface area contributed by atoms with Crippen molar-refractivity contribution < 1.29 is 14.7 Å². The van der Waals surface area contributed by atoms with Gasteiger partial charge in [-0.25, -0.2) is 4.98 Å². The van der Waals surface area contributed by atoms with Crippen LogP contribution in [0.15, 0.2) is 6.33 Å². The number of rotatable bonds is 2.